The van der Waals surface area contributed by atoms with Gasteiger partial charge < -0.3 is 19.5 Å². The summed E-state index contributed by atoms with van der Waals surface area (Å²) >= 11 is 0. The van der Waals surface area contributed by atoms with Gasteiger partial charge in [-0.15, -0.1) is 0 Å². The summed E-state index contributed by atoms with van der Waals surface area (Å²) in [7, 11) is 0. The zero-order chi connectivity index (χ0) is 25.4. The molecule has 1 amide bonds. The number of ether oxygens (including phenoxy) is 3. The summed E-state index contributed by atoms with van der Waals surface area (Å²) in [6, 6.07) is 14.4. The summed E-state index contributed by atoms with van der Waals surface area (Å²) in [6.07, 6.45) is 0. The number of carbonyl (C=O) groups excluding carboxylic acids is 3. The van der Waals surface area contributed by atoms with Gasteiger partial charge in [0.25, 0.3) is 11.5 Å². The Balaban J connectivity index is 1.83. The van der Waals surface area contributed by atoms with E-state index >= 15 is 0 Å². The minimum Gasteiger partial charge on any atom is -0.481 e. The third-order valence-electron chi connectivity index (χ3n) is 4.70. The van der Waals surface area contributed by atoms with Crippen LogP contribution < -0.4 is 15.6 Å². The molecule has 0 fully saturated rings. The van der Waals surface area contributed by atoms with Crippen LogP contribution in [-0.2, 0) is 14.3 Å². The van der Waals surface area contributed by atoms with Gasteiger partial charge in [0.05, 0.1) is 36.2 Å². The highest BCUT2D eigenvalue weighted by Gasteiger charge is 2.21. The zero-order valence-electron chi connectivity index (χ0n) is 19.6. The fraction of sp³-hybridized carbons (Fsp3) is 0.240. The second-order valence-corrected chi connectivity index (χ2v) is 7.27. The number of hydrogen-bond donors (Lipinski definition) is 1. The lowest BCUT2D eigenvalue weighted by molar-refractivity contribution is -0.118. The van der Waals surface area contributed by atoms with E-state index in [4.69, 9.17) is 14.2 Å². The number of nitrogens with zero attached hydrogens (tertiary/aromatic N) is 2. The van der Waals surface area contributed by atoms with E-state index in [-0.39, 0.29) is 35.9 Å². The van der Waals surface area contributed by atoms with E-state index in [2.05, 4.69) is 10.4 Å². The van der Waals surface area contributed by atoms with Crippen molar-refractivity contribution in [1.82, 2.24) is 9.78 Å². The molecule has 3 rings (SSSR count). The highest BCUT2D eigenvalue weighted by Crippen LogP contribution is 2.18. The average Bonchev–Trinajstić information content (AvgIpc) is 2.84. The number of nitrogens with one attached hydrogen (secondary N) is 1. The van der Waals surface area contributed by atoms with Gasteiger partial charge in [0.2, 0.25) is 5.69 Å². The number of anilines is 1. The zero-order valence-corrected chi connectivity index (χ0v) is 19.6. The van der Waals surface area contributed by atoms with Gasteiger partial charge in [0.15, 0.2) is 12.4 Å². The first kappa shape index (κ1) is 25.2. The molecule has 10 nitrogen and oxygen atoms in total. The average molecular weight is 479 g/mol. The molecule has 35 heavy (non-hydrogen) atoms. The molecule has 0 unspecified atom stereocenters. The molecule has 10 heteroatoms. The van der Waals surface area contributed by atoms with Crippen molar-refractivity contribution in [1.29, 1.82) is 0 Å². The molecule has 0 radical (unpaired) electrons. The van der Waals surface area contributed by atoms with Crippen molar-refractivity contribution in [3.8, 4) is 11.4 Å². The van der Waals surface area contributed by atoms with E-state index in [1.54, 1.807) is 56.3 Å². The normalized spacial score (nSPS) is 10.4. The highest BCUT2D eigenvalue weighted by molar-refractivity contribution is 6.01. The maximum absolute atomic E-state index is 12.7. The number of rotatable bonds is 9. The maximum atomic E-state index is 12.7. The fourth-order valence-corrected chi connectivity index (χ4v) is 3.07. The first-order valence-electron chi connectivity index (χ1n) is 10.9. The molecule has 0 saturated carbocycles. The van der Waals surface area contributed by atoms with Gasteiger partial charge >= 0.3 is 11.9 Å². The molecule has 182 valence electrons. The van der Waals surface area contributed by atoms with E-state index in [0.717, 1.165) is 16.3 Å². The first-order valence-corrected chi connectivity index (χ1v) is 10.9. The standard InChI is InChI=1S/C25H25N3O7/c1-4-33-24(31)18-8-6-7-9-19(18)26-21(29)15-35-20-14-22(30)28(17-12-10-16(3)11-13-17)27-23(20)25(32)34-5-2/h6-14H,4-5,15H2,1-3H3,(H,26,29). The molecule has 0 spiro atoms. The molecular formula is C25H25N3O7. The van der Waals surface area contributed by atoms with Gasteiger partial charge in [-0.3, -0.25) is 9.59 Å². The van der Waals surface area contributed by atoms with Gasteiger partial charge in [0, 0.05) is 0 Å². The summed E-state index contributed by atoms with van der Waals surface area (Å²) in [5, 5.41) is 6.69. The smallest absolute Gasteiger partial charge is 0.362 e. The van der Waals surface area contributed by atoms with Gasteiger partial charge in [0.1, 0.15) is 0 Å². The van der Waals surface area contributed by atoms with Crippen molar-refractivity contribution in [2.24, 2.45) is 0 Å². The van der Waals surface area contributed by atoms with Crippen molar-refractivity contribution >= 4 is 23.5 Å². The number of para-hydroxylation sites is 1. The van der Waals surface area contributed by atoms with E-state index < -0.39 is 30.0 Å². The van der Waals surface area contributed by atoms with Crippen LogP contribution in [-0.4, -0.2) is 47.4 Å². The van der Waals surface area contributed by atoms with Crippen LogP contribution in [0.1, 0.15) is 40.3 Å². The molecule has 0 bridgehead atoms. The molecule has 0 aliphatic heterocycles. The van der Waals surface area contributed by atoms with Gasteiger partial charge in [-0.1, -0.05) is 29.8 Å². The monoisotopic (exact) mass is 479 g/mol. The van der Waals surface area contributed by atoms with Crippen molar-refractivity contribution < 1.29 is 28.6 Å². The number of carbonyl (C=O) groups is 3. The van der Waals surface area contributed by atoms with Crippen LogP contribution in [0.4, 0.5) is 5.69 Å². The lowest BCUT2D eigenvalue weighted by Gasteiger charge is -2.13. The van der Waals surface area contributed by atoms with E-state index in [1.807, 2.05) is 6.92 Å². The molecule has 1 heterocycles. The Kier molecular flexibility index (Phi) is 8.33. The van der Waals surface area contributed by atoms with E-state index in [9.17, 15) is 19.2 Å². The summed E-state index contributed by atoms with van der Waals surface area (Å²) in [6.45, 7) is 4.91. The van der Waals surface area contributed by atoms with Crippen LogP contribution in [0.15, 0.2) is 59.4 Å². The van der Waals surface area contributed by atoms with Gasteiger partial charge in [-0.25, -0.2) is 9.59 Å². The molecule has 0 aliphatic rings. The summed E-state index contributed by atoms with van der Waals surface area (Å²) in [5.74, 6) is -2.22. The maximum Gasteiger partial charge on any atom is 0.362 e. The van der Waals surface area contributed by atoms with Crippen LogP contribution in [0.3, 0.4) is 0 Å². The van der Waals surface area contributed by atoms with Crippen LogP contribution in [0.25, 0.3) is 5.69 Å². The lowest BCUT2D eigenvalue weighted by Crippen LogP contribution is -2.27. The second kappa shape index (κ2) is 11.6. The third-order valence-corrected chi connectivity index (χ3v) is 4.70. The molecule has 3 aromatic rings. The molecular weight excluding hydrogens is 454 g/mol. The second-order valence-electron chi connectivity index (χ2n) is 7.27. The Bertz CT molecular complexity index is 1280. The van der Waals surface area contributed by atoms with Gasteiger partial charge in [-0.2, -0.15) is 9.78 Å². The summed E-state index contributed by atoms with van der Waals surface area (Å²) in [4.78, 5) is 49.8. The van der Waals surface area contributed by atoms with Crippen LogP contribution in [0, 0.1) is 6.92 Å². The molecule has 0 saturated heterocycles. The first-order chi connectivity index (χ1) is 16.8. The summed E-state index contributed by atoms with van der Waals surface area (Å²) < 4.78 is 16.6. The van der Waals surface area contributed by atoms with E-state index in [1.165, 1.54) is 6.07 Å². The Hall–Kier alpha value is -4.47. The Morgan fingerprint density at radius 2 is 1.60 bits per heavy atom. The predicted molar refractivity (Wildman–Crippen MR) is 127 cm³/mol. The third kappa shape index (κ3) is 6.32. The number of hydrogen-bond acceptors (Lipinski definition) is 8. The Morgan fingerprint density at radius 3 is 2.29 bits per heavy atom. The largest absolute Gasteiger partial charge is 0.481 e. The SMILES string of the molecule is CCOC(=O)c1ccccc1NC(=O)COc1cc(=O)n(-c2ccc(C)cc2)nc1C(=O)OCC. The molecule has 1 aromatic heterocycles. The molecule has 2 aromatic carbocycles. The number of aryl methyl sites for hydroxylation is 1. The van der Waals surface area contributed by atoms with Crippen molar-refractivity contribution in [2.75, 3.05) is 25.1 Å². The summed E-state index contributed by atoms with van der Waals surface area (Å²) in [5.41, 5.74) is 1.03. The number of esters is 2. The predicted octanol–water partition coefficient (Wildman–Crippen LogP) is 2.91. The van der Waals surface area contributed by atoms with Crippen LogP contribution in [0.5, 0.6) is 5.75 Å². The minimum absolute atomic E-state index is 0.0781. The van der Waals surface area contributed by atoms with Crippen molar-refractivity contribution in [2.45, 2.75) is 20.8 Å². The lowest BCUT2D eigenvalue weighted by atomic mass is 10.2. The number of aromatic nitrogens is 2. The quantitative estimate of drug-likeness (QED) is 0.465. The fourth-order valence-electron chi connectivity index (χ4n) is 3.07. The van der Waals surface area contributed by atoms with Gasteiger partial charge in [-0.05, 0) is 45.0 Å². The minimum atomic E-state index is -0.809. The number of amides is 1. The topological polar surface area (TPSA) is 126 Å². The number of benzene rings is 2. The van der Waals surface area contributed by atoms with Crippen LogP contribution >= 0.6 is 0 Å². The van der Waals surface area contributed by atoms with Crippen LogP contribution in [0.2, 0.25) is 0 Å². The van der Waals surface area contributed by atoms with E-state index in [0.29, 0.717) is 5.69 Å². The Morgan fingerprint density at radius 1 is 0.943 bits per heavy atom. The molecule has 1 N–H and O–H groups in total. The Labute approximate surface area is 201 Å². The molecule has 0 atom stereocenters. The highest BCUT2D eigenvalue weighted by atomic mass is 16.5. The van der Waals surface area contributed by atoms with Crippen molar-refractivity contribution in [3.05, 3.63) is 81.8 Å². The van der Waals surface area contributed by atoms with Crippen molar-refractivity contribution in [3.63, 3.8) is 0 Å². The molecule has 0 aliphatic carbocycles.